The number of carbonyl (C=O) groups excluding carboxylic acids is 2. The minimum absolute atomic E-state index is 0.0385. The van der Waals surface area contributed by atoms with Crippen LogP contribution in [0.5, 0.6) is 5.75 Å². The summed E-state index contributed by atoms with van der Waals surface area (Å²) in [6, 6.07) is 7.50. The second kappa shape index (κ2) is 9.53. The zero-order chi connectivity index (χ0) is 21.7. The number of ketones is 1. The van der Waals surface area contributed by atoms with Crippen molar-refractivity contribution in [1.82, 2.24) is 4.57 Å². The third-order valence-electron chi connectivity index (χ3n) is 5.06. The molecule has 0 saturated carbocycles. The summed E-state index contributed by atoms with van der Waals surface area (Å²) in [5.74, 6) is -1.14. The number of aromatic nitrogens is 1. The van der Waals surface area contributed by atoms with E-state index < -0.39 is 24.1 Å². The lowest BCUT2D eigenvalue weighted by atomic mass is 10.1. The molecule has 9 heteroatoms. The van der Waals surface area contributed by atoms with Crippen molar-refractivity contribution in [1.29, 1.82) is 0 Å². The Hall–Kier alpha value is -3.20. The maximum Gasteiger partial charge on any atom is 0.344 e. The number of rotatable bonds is 9. The molecule has 30 heavy (non-hydrogen) atoms. The van der Waals surface area contributed by atoms with Gasteiger partial charge in [0.1, 0.15) is 0 Å². The van der Waals surface area contributed by atoms with Gasteiger partial charge < -0.3 is 18.8 Å². The molecule has 0 bridgehead atoms. The van der Waals surface area contributed by atoms with E-state index in [0.717, 1.165) is 30.8 Å². The minimum Gasteiger partial charge on any atom is -0.475 e. The molecule has 1 aliphatic rings. The van der Waals surface area contributed by atoms with Gasteiger partial charge in [-0.2, -0.15) is 0 Å². The summed E-state index contributed by atoms with van der Waals surface area (Å²) in [6.45, 7) is 4.27. The van der Waals surface area contributed by atoms with Crippen LogP contribution in [0.2, 0.25) is 0 Å². The molecule has 3 rings (SSSR count). The monoisotopic (exact) mass is 416 g/mol. The van der Waals surface area contributed by atoms with Crippen LogP contribution in [-0.4, -0.2) is 47.2 Å². The van der Waals surface area contributed by atoms with Gasteiger partial charge in [-0.3, -0.25) is 14.9 Å². The molecule has 0 aliphatic carbocycles. The molecule has 160 valence electrons. The number of Topliss-reactive ketones (excluding diaryl/α,β-unsaturated/α-hetero) is 1. The molecule has 1 aromatic carbocycles. The van der Waals surface area contributed by atoms with Crippen LogP contribution in [0.3, 0.4) is 0 Å². The van der Waals surface area contributed by atoms with E-state index in [0.29, 0.717) is 12.1 Å². The lowest BCUT2D eigenvalue weighted by Gasteiger charge is -2.14. The number of para-hydroxylation sites is 2. The minimum atomic E-state index is -0.783. The molecule has 2 heterocycles. The van der Waals surface area contributed by atoms with Crippen LogP contribution < -0.4 is 4.74 Å². The van der Waals surface area contributed by atoms with Crippen LogP contribution in [0.1, 0.15) is 34.6 Å². The number of nitro benzene ring substituents is 1. The van der Waals surface area contributed by atoms with Crippen LogP contribution in [0, 0.1) is 24.0 Å². The first-order valence-corrected chi connectivity index (χ1v) is 9.70. The van der Waals surface area contributed by atoms with E-state index >= 15 is 0 Å². The number of nitrogens with zero attached hydrogens (tertiary/aromatic N) is 2. The van der Waals surface area contributed by atoms with Crippen molar-refractivity contribution in [2.24, 2.45) is 0 Å². The third kappa shape index (κ3) is 5.04. The number of nitro groups is 1. The number of hydrogen-bond donors (Lipinski definition) is 0. The summed E-state index contributed by atoms with van der Waals surface area (Å²) in [6.07, 6.45) is 2.19. The highest BCUT2D eigenvalue weighted by Gasteiger charge is 2.22. The second-order valence-corrected chi connectivity index (χ2v) is 7.13. The number of ether oxygens (including phenoxy) is 3. The molecule has 0 radical (unpaired) electrons. The summed E-state index contributed by atoms with van der Waals surface area (Å²) in [7, 11) is 0. The SMILES string of the molecule is Cc1cc(C(=O)COC(=O)COc2ccccc2[N+](=O)[O-])c(C)n1C[C@@H]1CCCO1. The fraction of sp³-hybridized carbons (Fsp3) is 0.429. The van der Waals surface area contributed by atoms with E-state index in [4.69, 9.17) is 14.2 Å². The van der Waals surface area contributed by atoms with Gasteiger partial charge in [-0.1, -0.05) is 12.1 Å². The van der Waals surface area contributed by atoms with Gasteiger partial charge in [0.15, 0.2) is 19.0 Å². The summed E-state index contributed by atoms with van der Waals surface area (Å²) in [5.41, 5.74) is 2.00. The molecule has 0 amide bonds. The lowest BCUT2D eigenvalue weighted by molar-refractivity contribution is -0.385. The van der Waals surface area contributed by atoms with Gasteiger partial charge in [0.2, 0.25) is 5.78 Å². The van der Waals surface area contributed by atoms with Crippen LogP contribution >= 0.6 is 0 Å². The fourth-order valence-corrected chi connectivity index (χ4v) is 3.49. The van der Waals surface area contributed by atoms with Crippen molar-refractivity contribution in [3.05, 3.63) is 57.4 Å². The molecular formula is C21H24N2O7. The summed E-state index contributed by atoms with van der Waals surface area (Å²) < 4.78 is 17.9. The first-order valence-electron chi connectivity index (χ1n) is 9.70. The molecule has 2 aromatic rings. The Morgan fingerprint density at radius 3 is 2.73 bits per heavy atom. The molecule has 1 atom stereocenters. The number of aryl methyl sites for hydroxylation is 1. The average molecular weight is 416 g/mol. The number of carbonyl (C=O) groups is 2. The van der Waals surface area contributed by atoms with Crippen LogP contribution in [0.15, 0.2) is 30.3 Å². The van der Waals surface area contributed by atoms with Crippen molar-refractivity contribution in [3.63, 3.8) is 0 Å². The molecule has 0 spiro atoms. The smallest absolute Gasteiger partial charge is 0.344 e. The van der Waals surface area contributed by atoms with Crippen LogP contribution in [0.4, 0.5) is 5.69 Å². The van der Waals surface area contributed by atoms with E-state index in [-0.39, 0.29) is 23.3 Å². The summed E-state index contributed by atoms with van der Waals surface area (Å²) >= 11 is 0. The Morgan fingerprint density at radius 2 is 2.03 bits per heavy atom. The van der Waals surface area contributed by atoms with E-state index in [1.807, 2.05) is 18.4 Å². The lowest BCUT2D eigenvalue weighted by Crippen LogP contribution is -2.20. The number of hydrogen-bond acceptors (Lipinski definition) is 7. The first kappa shape index (κ1) is 21.5. The maximum atomic E-state index is 12.5. The summed E-state index contributed by atoms with van der Waals surface area (Å²) in [5, 5.41) is 11.0. The Labute approximate surface area is 173 Å². The number of benzene rings is 1. The molecule has 1 saturated heterocycles. The predicted octanol–water partition coefficient (Wildman–Crippen LogP) is 3.00. The Bertz CT molecular complexity index is 945. The molecule has 0 unspecified atom stereocenters. The quantitative estimate of drug-likeness (QED) is 0.267. The van der Waals surface area contributed by atoms with Crippen molar-refractivity contribution >= 4 is 17.4 Å². The summed E-state index contributed by atoms with van der Waals surface area (Å²) in [4.78, 5) is 34.8. The van der Waals surface area contributed by atoms with E-state index in [1.165, 1.54) is 18.2 Å². The van der Waals surface area contributed by atoms with Gasteiger partial charge >= 0.3 is 11.7 Å². The van der Waals surface area contributed by atoms with Crippen molar-refractivity contribution in [2.45, 2.75) is 39.3 Å². The molecular weight excluding hydrogens is 392 g/mol. The van der Waals surface area contributed by atoms with Crippen LogP contribution in [0.25, 0.3) is 0 Å². The second-order valence-electron chi connectivity index (χ2n) is 7.13. The highest BCUT2D eigenvalue weighted by molar-refractivity contribution is 5.99. The zero-order valence-electron chi connectivity index (χ0n) is 17.0. The molecule has 1 aliphatic heterocycles. The van der Waals surface area contributed by atoms with Crippen molar-refractivity contribution in [2.75, 3.05) is 19.8 Å². The van der Waals surface area contributed by atoms with Gasteiger partial charge in [-0.05, 0) is 38.8 Å². The maximum absolute atomic E-state index is 12.5. The predicted molar refractivity (Wildman–Crippen MR) is 107 cm³/mol. The highest BCUT2D eigenvalue weighted by atomic mass is 16.6. The van der Waals surface area contributed by atoms with E-state index in [2.05, 4.69) is 0 Å². The van der Waals surface area contributed by atoms with Crippen molar-refractivity contribution < 1.29 is 28.7 Å². The Kier molecular flexibility index (Phi) is 6.83. The average Bonchev–Trinajstić information content (AvgIpc) is 3.34. The molecule has 1 aromatic heterocycles. The van der Waals surface area contributed by atoms with Crippen molar-refractivity contribution in [3.8, 4) is 5.75 Å². The molecule has 9 nitrogen and oxygen atoms in total. The normalized spacial score (nSPS) is 15.7. The van der Waals surface area contributed by atoms with Gasteiger partial charge in [-0.15, -0.1) is 0 Å². The van der Waals surface area contributed by atoms with Crippen LogP contribution in [-0.2, 0) is 20.8 Å². The van der Waals surface area contributed by atoms with Gasteiger partial charge in [0, 0.05) is 36.2 Å². The van der Waals surface area contributed by atoms with Gasteiger partial charge in [-0.25, -0.2) is 4.79 Å². The molecule has 1 fully saturated rings. The Morgan fingerprint density at radius 1 is 1.27 bits per heavy atom. The highest BCUT2D eigenvalue weighted by Crippen LogP contribution is 2.25. The largest absolute Gasteiger partial charge is 0.475 e. The van der Waals surface area contributed by atoms with E-state index in [9.17, 15) is 19.7 Å². The number of esters is 1. The fourth-order valence-electron chi connectivity index (χ4n) is 3.49. The Balaban J connectivity index is 1.54. The van der Waals surface area contributed by atoms with Gasteiger partial charge in [0.05, 0.1) is 11.0 Å². The molecule has 0 N–H and O–H groups in total. The van der Waals surface area contributed by atoms with Gasteiger partial charge in [0.25, 0.3) is 0 Å². The topological polar surface area (TPSA) is 110 Å². The van der Waals surface area contributed by atoms with E-state index in [1.54, 1.807) is 12.1 Å². The third-order valence-corrected chi connectivity index (χ3v) is 5.06. The first-order chi connectivity index (χ1) is 14.4. The standard InChI is InChI=1S/C21H24N2O7/c1-14-10-17(15(2)22(14)11-16-6-5-9-28-16)19(24)12-30-21(25)13-29-20-8-4-3-7-18(20)23(26)27/h3-4,7-8,10,16H,5-6,9,11-13H2,1-2H3/t16-/m0/s1. The zero-order valence-corrected chi connectivity index (χ0v) is 17.0.